The summed E-state index contributed by atoms with van der Waals surface area (Å²) < 4.78 is 11.3. The van der Waals surface area contributed by atoms with Crippen molar-refractivity contribution < 1.29 is 14.3 Å². The van der Waals surface area contributed by atoms with E-state index in [-0.39, 0.29) is 29.4 Å². The molecule has 5 heteroatoms. The second-order valence-corrected chi connectivity index (χ2v) is 10.9. The number of benzene rings is 2. The van der Waals surface area contributed by atoms with Crippen molar-refractivity contribution in [1.82, 2.24) is 10.2 Å². The largest absolute Gasteiger partial charge is 0.484 e. The Morgan fingerprint density at radius 2 is 1.42 bits per heavy atom. The van der Waals surface area contributed by atoms with Gasteiger partial charge in [-0.05, 0) is 39.7 Å². The van der Waals surface area contributed by atoms with E-state index in [1.807, 2.05) is 12.1 Å². The molecule has 1 atom stereocenters. The molecule has 0 radical (unpaired) electrons. The first kappa shape index (κ1) is 25.3. The topological polar surface area (TPSA) is 50.8 Å². The zero-order valence-corrected chi connectivity index (χ0v) is 21.1. The van der Waals surface area contributed by atoms with E-state index in [0.29, 0.717) is 12.3 Å². The van der Waals surface area contributed by atoms with Crippen LogP contribution in [0.25, 0.3) is 0 Å². The highest BCUT2D eigenvalue weighted by molar-refractivity contribution is 5.77. The molecule has 1 heterocycles. The highest BCUT2D eigenvalue weighted by atomic mass is 16.5. The first-order valence-corrected chi connectivity index (χ1v) is 12.0. The zero-order valence-electron chi connectivity index (χ0n) is 21.1. The summed E-state index contributed by atoms with van der Waals surface area (Å²) in [5.74, 6) is 0.597. The molecule has 3 rings (SSSR count). The van der Waals surface area contributed by atoms with Crippen molar-refractivity contribution in [3.63, 3.8) is 0 Å². The van der Waals surface area contributed by atoms with Gasteiger partial charge < -0.3 is 14.8 Å². The Bertz CT molecular complexity index is 887. The molecular formula is C28H40N2O3. The van der Waals surface area contributed by atoms with Crippen LogP contribution in [-0.2, 0) is 20.4 Å². The molecule has 0 aliphatic carbocycles. The van der Waals surface area contributed by atoms with Gasteiger partial charge in [-0.3, -0.25) is 9.69 Å². The molecule has 0 unspecified atom stereocenters. The average Bonchev–Trinajstić information content (AvgIpc) is 2.78. The predicted octanol–water partition coefficient (Wildman–Crippen LogP) is 4.85. The molecule has 2 aromatic rings. The molecule has 0 bridgehead atoms. The molecular weight excluding hydrogens is 412 g/mol. The molecule has 180 valence electrons. The lowest BCUT2D eigenvalue weighted by Gasteiger charge is -2.35. The van der Waals surface area contributed by atoms with Crippen molar-refractivity contribution in [2.45, 2.75) is 58.4 Å². The van der Waals surface area contributed by atoms with Crippen LogP contribution in [0.4, 0.5) is 0 Å². The number of carbonyl (C=O) groups is 1. The molecule has 33 heavy (non-hydrogen) atoms. The van der Waals surface area contributed by atoms with Crippen molar-refractivity contribution in [3.05, 3.63) is 65.2 Å². The molecule has 1 fully saturated rings. The fourth-order valence-corrected chi connectivity index (χ4v) is 4.01. The molecule has 1 aliphatic rings. The first-order chi connectivity index (χ1) is 15.5. The number of morpholine rings is 1. The molecule has 2 aromatic carbocycles. The summed E-state index contributed by atoms with van der Waals surface area (Å²) in [5.41, 5.74) is 3.97. The van der Waals surface area contributed by atoms with Gasteiger partial charge in [0.1, 0.15) is 5.75 Å². The van der Waals surface area contributed by atoms with E-state index in [0.717, 1.165) is 26.3 Å². The Hall–Kier alpha value is -2.37. The maximum absolute atomic E-state index is 12.6. The Morgan fingerprint density at radius 1 is 0.909 bits per heavy atom. The van der Waals surface area contributed by atoms with Gasteiger partial charge in [0, 0.05) is 19.6 Å². The van der Waals surface area contributed by atoms with Crippen LogP contribution in [0, 0.1) is 0 Å². The maximum atomic E-state index is 12.6. The van der Waals surface area contributed by atoms with Gasteiger partial charge in [-0.2, -0.15) is 0 Å². The summed E-state index contributed by atoms with van der Waals surface area (Å²) in [7, 11) is 0. The van der Waals surface area contributed by atoms with E-state index in [9.17, 15) is 4.79 Å². The lowest BCUT2D eigenvalue weighted by molar-refractivity contribution is -0.123. The van der Waals surface area contributed by atoms with Gasteiger partial charge in [0.2, 0.25) is 0 Å². The van der Waals surface area contributed by atoms with Crippen molar-refractivity contribution in [1.29, 1.82) is 0 Å². The quantitative estimate of drug-likeness (QED) is 0.652. The van der Waals surface area contributed by atoms with Gasteiger partial charge in [-0.1, -0.05) is 77.9 Å². The minimum atomic E-state index is -0.112. The smallest absolute Gasteiger partial charge is 0.258 e. The van der Waals surface area contributed by atoms with Crippen LogP contribution in [0.15, 0.2) is 48.5 Å². The van der Waals surface area contributed by atoms with Gasteiger partial charge in [-0.25, -0.2) is 0 Å². The third-order valence-corrected chi connectivity index (χ3v) is 6.23. The molecule has 0 aromatic heterocycles. The number of nitrogens with one attached hydrogen (secondary N) is 1. The van der Waals surface area contributed by atoms with E-state index in [1.54, 1.807) is 0 Å². The second kappa shape index (κ2) is 10.7. The minimum Gasteiger partial charge on any atom is -0.484 e. The number of hydrogen-bond acceptors (Lipinski definition) is 4. The molecule has 1 N–H and O–H groups in total. The molecule has 1 amide bonds. The minimum absolute atomic E-state index is 0.00760. The van der Waals surface area contributed by atoms with Gasteiger partial charge in [0.15, 0.2) is 6.61 Å². The Balaban J connectivity index is 1.60. The Labute approximate surface area is 199 Å². The number of hydrogen-bond donors (Lipinski definition) is 1. The van der Waals surface area contributed by atoms with Crippen molar-refractivity contribution >= 4 is 5.91 Å². The number of ether oxygens (including phenoxy) is 2. The summed E-state index contributed by atoms with van der Waals surface area (Å²) in [6, 6.07) is 16.9. The van der Waals surface area contributed by atoms with Crippen molar-refractivity contribution in [2.75, 3.05) is 39.5 Å². The first-order valence-electron chi connectivity index (χ1n) is 12.0. The van der Waals surface area contributed by atoms with Crippen LogP contribution < -0.4 is 10.1 Å². The van der Waals surface area contributed by atoms with Crippen LogP contribution in [-0.4, -0.2) is 50.3 Å². The van der Waals surface area contributed by atoms with Crippen LogP contribution in [0.2, 0.25) is 0 Å². The van der Waals surface area contributed by atoms with Gasteiger partial charge in [-0.15, -0.1) is 0 Å². The Morgan fingerprint density at radius 3 is 1.94 bits per heavy atom. The summed E-state index contributed by atoms with van der Waals surface area (Å²) in [6.07, 6.45) is 0. The number of rotatable bonds is 7. The lowest BCUT2D eigenvalue weighted by Crippen LogP contribution is -2.44. The summed E-state index contributed by atoms with van der Waals surface area (Å²) >= 11 is 0. The normalized spacial score (nSPS) is 16.3. The standard InChI is InChI=1S/C28H40N2O3/c1-27(2,3)22-9-7-21(8-10-22)25(30-15-17-32-18-16-30)19-29-26(31)20-33-24-13-11-23(12-14-24)28(4,5)6/h7-14,25H,15-20H2,1-6H3,(H,29,31)/t25-/m0/s1. The van der Waals surface area contributed by atoms with Gasteiger partial charge in [0.05, 0.1) is 19.3 Å². The van der Waals surface area contributed by atoms with E-state index < -0.39 is 0 Å². The average molecular weight is 453 g/mol. The summed E-state index contributed by atoms with van der Waals surface area (Å²) in [6.45, 7) is 16.9. The molecule has 0 spiro atoms. The van der Waals surface area contributed by atoms with Crippen LogP contribution in [0.5, 0.6) is 5.75 Å². The predicted molar refractivity (Wildman–Crippen MR) is 134 cm³/mol. The number of nitrogens with zero attached hydrogens (tertiary/aromatic N) is 1. The Kier molecular flexibility index (Phi) is 8.19. The van der Waals surface area contributed by atoms with Crippen molar-refractivity contribution in [3.8, 4) is 5.75 Å². The van der Waals surface area contributed by atoms with E-state index in [1.165, 1.54) is 16.7 Å². The highest BCUT2D eigenvalue weighted by Crippen LogP contribution is 2.27. The zero-order chi connectivity index (χ0) is 24.1. The lowest BCUT2D eigenvalue weighted by atomic mass is 9.86. The second-order valence-electron chi connectivity index (χ2n) is 10.9. The fraction of sp³-hybridized carbons (Fsp3) is 0.536. The van der Waals surface area contributed by atoms with Crippen LogP contribution >= 0.6 is 0 Å². The van der Waals surface area contributed by atoms with E-state index in [2.05, 4.69) is 88.2 Å². The SMILES string of the molecule is CC(C)(C)c1ccc(OCC(=O)NC[C@@H](c2ccc(C(C)(C)C)cc2)N2CCOCC2)cc1. The molecule has 0 saturated carbocycles. The summed E-state index contributed by atoms with van der Waals surface area (Å²) in [5, 5.41) is 3.08. The molecule has 5 nitrogen and oxygen atoms in total. The number of amides is 1. The monoisotopic (exact) mass is 452 g/mol. The van der Waals surface area contributed by atoms with Gasteiger partial charge in [0.25, 0.3) is 5.91 Å². The number of carbonyl (C=O) groups excluding carboxylic acids is 1. The van der Waals surface area contributed by atoms with Crippen molar-refractivity contribution in [2.24, 2.45) is 0 Å². The van der Waals surface area contributed by atoms with E-state index in [4.69, 9.17) is 9.47 Å². The van der Waals surface area contributed by atoms with Crippen LogP contribution in [0.3, 0.4) is 0 Å². The molecule has 1 saturated heterocycles. The third-order valence-electron chi connectivity index (χ3n) is 6.23. The maximum Gasteiger partial charge on any atom is 0.258 e. The molecule has 1 aliphatic heterocycles. The summed E-state index contributed by atoms with van der Waals surface area (Å²) in [4.78, 5) is 15.0. The van der Waals surface area contributed by atoms with Gasteiger partial charge >= 0.3 is 0 Å². The third kappa shape index (κ3) is 7.31. The van der Waals surface area contributed by atoms with E-state index >= 15 is 0 Å². The van der Waals surface area contributed by atoms with Crippen LogP contribution in [0.1, 0.15) is 64.3 Å². The highest BCUT2D eigenvalue weighted by Gasteiger charge is 2.24. The fourth-order valence-electron chi connectivity index (χ4n) is 4.01.